The van der Waals surface area contributed by atoms with Crippen LogP contribution in [0.2, 0.25) is 0 Å². The summed E-state index contributed by atoms with van der Waals surface area (Å²) in [6, 6.07) is 0.655. The van der Waals surface area contributed by atoms with Gasteiger partial charge in [-0.2, -0.15) is 0 Å². The molecule has 144 valence electrons. The Morgan fingerprint density at radius 3 is 2.36 bits per heavy atom. The van der Waals surface area contributed by atoms with Crippen molar-refractivity contribution in [2.45, 2.75) is 58.6 Å². The molecule has 7 nitrogen and oxygen atoms in total. The molecule has 2 aliphatic heterocycles. The number of rotatable bonds is 3. The summed E-state index contributed by atoms with van der Waals surface area (Å²) in [6.45, 7) is 13.5. The monoisotopic (exact) mass is 353 g/mol. The largest absolute Gasteiger partial charge is 0.444 e. The van der Waals surface area contributed by atoms with Gasteiger partial charge in [0.15, 0.2) is 5.96 Å². The number of nitrogens with two attached hydrogens (primary N) is 1. The van der Waals surface area contributed by atoms with Crippen LogP contribution in [0.25, 0.3) is 0 Å². The van der Waals surface area contributed by atoms with Crippen molar-refractivity contribution in [3.05, 3.63) is 0 Å². The minimum absolute atomic E-state index is 0.248. The zero-order valence-corrected chi connectivity index (χ0v) is 16.3. The van der Waals surface area contributed by atoms with Gasteiger partial charge in [-0.25, -0.2) is 4.79 Å². The van der Waals surface area contributed by atoms with Gasteiger partial charge >= 0.3 is 6.09 Å². The van der Waals surface area contributed by atoms with Crippen LogP contribution in [0.3, 0.4) is 0 Å². The van der Waals surface area contributed by atoms with Crippen molar-refractivity contribution >= 4 is 12.1 Å². The molecule has 0 aromatic carbocycles. The average Bonchev–Trinajstić information content (AvgIpc) is 2.55. The molecule has 0 aromatic heterocycles. The van der Waals surface area contributed by atoms with E-state index in [1.165, 1.54) is 25.8 Å². The van der Waals surface area contributed by atoms with Gasteiger partial charge in [0.2, 0.25) is 0 Å². The van der Waals surface area contributed by atoms with E-state index in [0.29, 0.717) is 38.2 Å². The van der Waals surface area contributed by atoms with Crippen LogP contribution >= 0.6 is 0 Å². The zero-order valence-electron chi connectivity index (χ0n) is 16.3. The number of nitrogens with zero attached hydrogens (tertiary/aromatic N) is 4. The molecule has 2 N–H and O–H groups in total. The van der Waals surface area contributed by atoms with Gasteiger partial charge < -0.3 is 20.3 Å². The second kappa shape index (κ2) is 8.74. The van der Waals surface area contributed by atoms with Gasteiger partial charge in [0.05, 0.1) is 6.54 Å². The fourth-order valence-corrected chi connectivity index (χ4v) is 3.33. The third-order valence-electron chi connectivity index (χ3n) is 4.86. The quantitative estimate of drug-likeness (QED) is 0.618. The molecule has 1 amide bonds. The molecule has 2 fully saturated rings. The first-order valence-electron chi connectivity index (χ1n) is 9.53. The highest BCUT2D eigenvalue weighted by atomic mass is 16.6. The fourth-order valence-electron chi connectivity index (χ4n) is 3.33. The minimum atomic E-state index is -0.458. The Morgan fingerprint density at radius 1 is 1.12 bits per heavy atom. The van der Waals surface area contributed by atoms with Crippen molar-refractivity contribution in [1.29, 1.82) is 0 Å². The number of amides is 1. The second-order valence-corrected chi connectivity index (χ2v) is 8.08. The van der Waals surface area contributed by atoms with E-state index in [4.69, 9.17) is 10.5 Å². The Kier molecular flexibility index (Phi) is 6.93. The predicted molar refractivity (Wildman–Crippen MR) is 101 cm³/mol. The number of piperazine rings is 1. The molecule has 2 heterocycles. The number of piperidine rings is 1. The normalized spacial score (nSPS) is 23.7. The van der Waals surface area contributed by atoms with E-state index in [9.17, 15) is 4.79 Å². The van der Waals surface area contributed by atoms with Gasteiger partial charge in [-0.1, -0.05) is 6.42 Å². The average molecular weight is 354 g/mol. The van der Waals surface area contributed by atoms with Gasteiger partial charge in [0.25, 0.3) is 0 Å². The van der Waals surface area contributed by atoms with Crippen LogP contribution in [-0.2, 0) is 4.74 Å². The van der Waals surface area contributed by atoms with E-state index < -0.39 is 5.60 Å². The predicted octanol–water partition coefficient (Wildman–Crippen LogP) is 1.73. The number of carbonyl (C=O) groups is 1. The van der Waals surface area contributed by atoms with Crippen LogP contribution in [0.1, 0.15) is 47.0 Å². The summed E-state index contributed by atoms with van der Waals surface area (Å²) >= 11 is 0. The maximum Gasteiger partial charge on any atom is 0.410 e. The van der Waals surface area contributed by atoms with Crippen LogP contribution in [-0.4, -0.2) is 84.2 Å². The summed E-state index contributed by atoms with van der Waals surface area (Å²) in [5.74, 6) is 0.591. The van der Waals surface area contributed by atoms with E-state index in [1.807, 2.05) is 20.8 Å². The molecule has 2 rings (SSSR count). The van der Waals surface area contributed by atoms with Gasteiger partial charge in [0, 0.05) is 38.8 Å². The fraction of sp³-hybridized carbons (Fsp3) is 0.889. The number of carbonyl (C=O) groups excluding carboxylic acids is 1. The Balaban J connectivity index is 1.73. The van der Waals surface area contributed by atoms with E-state index in [-0.39, 0.29) is 6.09 Å². The second-order valence-electron chi connectivity index (χ2n) is 8.08. The maximum atomic E-state index is 12.1. The first-order valence-corrected chi connectivity index (χ1v) is 9.53. The molecule has 2 saturated heterocycles. The summed E-state index contributed by atoms with van der Waals surface area (Å²) in [4.78, 5) is 22.9. The van der Waals surface area contributed by atoms with E-state index in [1.54, 1.807) is 4.90 Å². The Bertz CT molecular complexity index is 467. The number of guanidine groups is 1. The molecule has 0 spiro atoms. The van der Waals surface area contributed by atoms with Crippen molar-refractivity contribution in [2.24, 2.45) is 10.7 Å². The molecule has 0 aliphatic carbocycles. The van der Waals surface area contributed by atoms with Crippen molar-refractivity contribution in [3.8, 4) is 0 Å². The van der Waals surface area contributed by atoms with Crippen molar-refractivity contribution in [3.63, 3.8) is 0 Å². The van der Waals surface area contributed by atoms with Crippen LogP contribution in [0.15, 0.2) is 4.99 Å². The molecular weight excluding hydrogens is 318 g/mol. The molecule has 1 atom stereocenters. The van der Waals surface area contributed by atoms with E-state index in [2.05, 4.69) is 21.7 Å². The Morgan fingerprint density at radius 2 is 1.76 bits per heavy atom. The van der Waals surface area contributed by atoms with Crippen LogP contribution in [0.5, 0.6) is 0 Å². The van der Waals surface area contributed by atoms with Crippen molar-refractivity contribution in [1.82, 2.24) is 14.7 Å². The molecule has 2 aliphatic rings. The van der Waals surface area contributed by atoms with Crippen LogP contribution in [0, 0.1) is 0 Å². The lowest BCUT2D eigenvalue weighted by molar-refractivity contribution is 0.0186. The molecule has 25 heavy (non-hydrogen) atoms. The summed E-state index contributed by atoms with van der Waals surface area (Å²) in [5, 5.41) is 0. The number of likely N-dealkylation sites (tertiary alicyclic amines) is 1. The molecule has 0 radical (unpaired) electrons. The van der Waals surface area contributed by atoms with Crippen molar-refractivity contribution < 1.29 is 9.53 Å². The standard InChI is InChI=1S/C18H35N5O2/c1-15-7-5-6-9-21(15)10-8-20-16(19)22-11-13-23(14-12-22)17(24)25-18(2,3)4/h15H,5-14H2,1-4H3,(H2,19,20). The molecule has 0 aromatic rings. The van der Waals surface area contributed by atoms with Gasteiger partial charge in [-0.3, -0.25) is 9.89 Å². The lowest BCUT2D eigenvalue weighted by atomic mass is 10.0. The number of aliphatic imine (C=N–C) groups is 1. The number of hydrogen-bond acceptors (Lipinski definition) is 4. The van der Waals surface area contributed by atoms with E-state index in [0.717, 1.165) is 13.1 Å². The molecule has 0 saturated carbocycles. The summed E-state index contributed by atoms with van der Waals surface area (Å²) in [5.41, 5.74) is 5.69. The molecule has 7 heteroatoms. The smallest absolute Gasteiger partial charge is 0.410 e. The lowest BCUT2D eigenvalue weighted by Crippen LogP contribution is -2.53. The zero-order chi connectivity index (χ0) is 18.4. The van der Waals surface area contributed by atoms with Gasteiger partial charge in [-0.15, -0.1) is 0 Å². The van der Waals surface area contributed by atoms with Gasteiger partial charge in [0.1, 0.15) is 5.60 Å². The summed E-state index contributed by atoms with van der Waals surface area (Å²) < 4.78 is 5.42. The first-order chi connectivity index (χ1) is 11.8. The molecular formula is C18H35N5O2. The Labute approximate surface area is 152 Å². The highest BCUT2D eigenvalue weighted by Crippen LogP contribution is 2.15. The van der Waals surface area contributed by atoms with Crippen LogP contribution in [0.4, 0.5) is 4.79 Å². The maximum absolute atomic E-state index is 12.1. The minimum Gasteiger partial charge on any atom is -0.444 e. The summed E-state index contributed by atoms with van der Waals surface area (Å²) in [7, 11) is 0. The van der Waals surface area contributed by atoms with E-state index >= 15 is 0 Å². The number of hydrogen-bond donors (Lipinski definition) is 1. The molecule has 1 unspecified atom stereocenters. The van der Waals surface area contributed by atoms with Crippen molar-refractivity contribution in [2.75, 3.05) is 45.8 Å². The molecule has 0 bridgehead atoms. The lowest BCUT2D eigenvalue weighted by Gasteiger charge is -2.36. The Hall–Kier alpha value is -1.50. The SMILES string of the molecule is CC1CCCCN1CCN=C(N)N1CCN(C(=O)OC(C)(C)C)CC1. The topological polar surface area (TPSA) is 74.4 Å². The van der Waals surface area contributed by atoms with Gasteiger partial charge in [-0.05, 0) is 47.1 Å². The summed E-state index contributed by atoms with van der Waals surface area (Å²) in [6.07, 6.45) is 3.66. The number of ether oxygens (including phenoxy) is 1. The van der Waals surface area contributed by atoms with Crippen LogP contribution < -0.4 is 5.73 Å². The third-order valence-corrected chi connectivity index (χ3v) is 4.86. The third kappa shape index (κ3) is 6.38. The first kappa shape index (κ1) is 19.8. The highest BCUT2D eigenvalue weighted by Gasteiger charge is 2.26. The highest BCUT2D eigenvalue weighted by molar-refractivity contribution is 5.78.